The maximum atomic E-state index is 7.22. The van der Waals surface area contributed by atoms with Crippen LogP contribution >= 0.6 is 0 Å². The largest absolute Gasteiger partial charge is 0.477 e. The minimum absolute atomic E-state index is 0.0169. The van der Waals surface area contributed by atoms with Crippen molar-refractivity contribution in [3.8, 4) is 5.88 Å². The summed E-state index contributed by atoms with van der Waals surface area (Å²) in [5, 5.41) is 7.22. The van der Waals surface area contributed by atoms with Crippen LogP contribution in [0, 0.1) is 11.3 Å². The van der Waals surface area contributed by atoms with Crippen LogP contribution < -0.4 is 10.5 Å². The molecule has 5 nitrogen and oxygen atoms in total. The SMILES string of the molecule is N=C(N)c1ccc(OCC2CCOC2)nc1. The maximum Gasteiger partial charge on any atom is 0.213 e. The zero-order valence-corrected chi connectivity index (χ0v) is 8.98. The molecule has 86 valence electrons. The van der Waals surface area contributed by atoms with Gasteiger partial charge in [-0.2, -0.15) is 0 Å². The molecule has 3 N–H and O–H groups in total. The van der Waals surface area contributed by atoms with Gasteiger partial charge in [-0.1, -0.05) is 0 Å². The van der Waals surface area contributed by atoms with Crippen LogP contribution in [-0.4, -0.2) is 30.6 Å². The second-order valence-corrected chi connectivity index (χ2v) is 3.84. The molecule has 2 rings (SSSR count). The van der Waals surface area contributed by atoms with Gasteiger partial charge in [0.1, 0.15) is 5.84 Å². The third kappa shape index (κ3) is 2.70. The van der Waals surface area contributed by atoms with E-state index in [1.54, 1.807) is 18.3 Å². The van der Waals surface area contributed by atoms with E-state index in [2.05, 4.69) is 4.98 Å². The normalized spacial score (nSPS) is 19.6. The Morgan fingerprint density at radius 2 is 2.50 bits per heavy atom. The van der Waals surface area contributed by atoms with Crippen molar-refractivity contribution in [2.45, 2.75) is 6.42 Å². The van der Waals surface area contributed by atoms with Gasteiger partial charge in [0.05, 0.1) is 13.2 Å². The summed E-state index contributed by atoms with van der Waals surface area (Å²) in [6.45, 7) is 2.22. The molecular weight excluding hydrogens is 206 g/mol. The maximum absolute atomic E-state index is 7.22. The first kappa shape index (κ1) is 10.9. The smallest absolute Gasteiger partial charge is 0.213 e. The van der Waals surface area contributed by atoms with Gasteiger partial charge >= 0.3 is 0 Å². The number of hydrogen-bond acceptors (Lipinski definition) is 4. The molecule has 1 atom stereocenters. The van der Waals surface area contributed by atoms with Crippen molar-refractivity contribution in [2.24, 2.45) is 11.7 Å². The van der Waals surface area contributed by atoms with Crippen molar-refractivity contribution in [1.82, 2.24) is 4.98 Å². The van der Waals surface area contributed by atoms with Gasteiger partial charge in [0.2, 0.25) is 5.88 Å². The average molecular weight is 221 g/mol. The van der Waals surface area contributed by atoms with Gasteiger partial charge < -0.3 is 15.2 Å². The van der Waals surface area contributed by atoms with Crippen LogP contribution in [-0.2, 0) is 4.74 Å². The molecule has 5 heteroatoms. The highest BCUT2D eigenvalue weighted by Gasteiger charge is 2.16. The number of ether oxygens (including phenoxy) is 2. The Morgan fingerprint density at radius 1 is 1.62 bits per heavy atom. The molecule has 1 saturated heterocycles. The lowest BCUT2D eigenvalue weighted by Crippen LogP contribution is -2.13. The lowest BCUT2D eigenvalue weighted by atomic mass is 10.1. The van der Waals surface area contributed by atoms with E-state index in [-0.39, 0.29) is 5.84 Å². The number of nitrogens with zero attached hydrogens (tertiary/aromatic N) is 1. The van der Waals surface area contributed by atoms with E-state index in [0.717, 1.165) is 19.6 Å². The lowest BCUT2D eigenvalue weighted by Gasteiger charge is -2.09. The summed E-state index contributed by atoms with van der Waals surface area (Å²) >= 11 is 0. The van der Waals surface area contributed by atoms with E-state index in [0.29, 0.717) is 24.0 Å². The van der Waals surface area contributed by atoms with Gasteiger partial charge in [-0.3, -0.25) is 5.41 Å². The van der Waals surface area contributed by atoms with Crippen LogP contribution in [0.5, 0.6) is 5.88 Å². The molecule has 2 heterocycles. The van der Waals surface area contributed by atoms with Crippen LogP contribution in [0.25, 0.3) is 0 Å². The zero-order chi connectivity index (χ0) is 11.4. The summed E-state index contributed by atoms with van der Waals surface area (Å²) in [5.41, 5.74) is 5.93. The molecule has 0 amide bonds. The molecule has 0 spiro atoms. The standard InChI is InChI=1S/C11H15N3O2/c12-11(13)9-1-2-10(14-5-9)16-7-8-3-4-15-6-8/h1-2,5,8H,3-4,6-7H2,(H3,12,13). The van der Waals surface area contributed by atoms with Gasteiger partial charge in [-0.05, 0) is 12.5 Å². The fraction of sp³-hybridized carbons (Fsp3) is 0.455. The monoisotopic (exact) mass is 221 g/mol. The molecule has 16 heavy (non-hydrogen) atoms. The highest BCUT2D eigenvalue weighted by Crippen LogP contribution is 2.14. The quantitative estimate of drug-likeness (QED) is 0.581. The molecule has 1 unspecified atom stereocenters. The zero-order valence-electron chi connectivity index (χ0n) is 8.98. The summed E-state index contributed by atoms with van der Waals surface area (Å²) in [6, 6.07) is 3.46. The number of nitrogen functional groups attached to an aromatic ring is 1. The molecular formula is C11H15N3O2. The first-order valence-corrected chi connectivity index (χ1v) is 5.26. The number of nitrogens with one attached hydrogen (secondary N) is 1. The third-order valence-corrected chi connectivity index (χ3v) is 2.54. The third-order valence-electron chi connectivity index (χ3n) is 2.54. The Balaban J connectivity index is 1.87. The van der Waals surface area contributed by atoms with E-state index in [4.69, 9.17) is 20.6 Å². The van der Waals surface area contributed by atoms with Crippen molar-refractivity contribution in [3.05, 3.63) is 23.9 Å². The van der Waals surface area contributed by atoms with Crippen molar-refractivity contribution in [3.63, 3.8) is 0 Å². The van der Waals surface area contributed by atoms with Crippen molar-refractivity contribution in [2.75, 3.05) is 19.8 Å². The Labute approximate surface area is 94.1 Å². The van der Waals surface area contributed by atoms with E-state index in [1.807, 2.05) is 0 Å². The number of pyridine rings is 1. The van der Waals surface area contributed by atoms with Gasteiger partial charge in [-0.25, -0.2) is 4.98 Å². The average Bonchev–Trinajstić information content (AvgIpc) is 2.80. The van der Waals surface area contributed by atoms with Crippen LogP contribution in [0.3, 0.4) is 0 Å². The van der Waals surface area contributed by atoms with Crippen LogP contribution in [0.15, 0.2) is 18.3 Å². The van der Waals surface area contributed by atoms with Crippen molar-refractivity contribution in [1.29, 1.82) is 5.41 Å². The highest BCUT2D eigenvalue weighted by molar-refractivity contribution is 5.94. The predicted octanol–water partition coefficient (Wildman–Crippen LogP) is 0.781. The molecule has 1 aliphatic rings. The van der Waals surface area contributed by atoms with E-state index in [1.165, 1.54) is 0 Å². The van der Waals surface area contributed by atoms with E-state index >= 15 is 0 Å². The van der Waals surface area contributed by atoms with Crippen molar-refractivity contribution >= 4 is 5.84 Å². The minimum Gasteiger partial charge on any atom is -0.477 e. The number of aromatic nitrogens is 1. The van der Waals surface area contributed by atoms with Crippen LogP contribution in [0.1, 0.15) is 12.0 Å². The predicted molar refractivity (Wildman–Crippen MR) is 59.7 cm³/mol. The summed E-state index contributed by atoms with van der Waals surface area (Å²) in [4.78, 5) is 4.08. The summed E-state index contributed by atoms with van der Waals surface area (Å²) < 4.78 is 10.8. The fourth-order valence-corrected chi connectivity index (χ4v) is 1.54. The molecule has 1 aromatic rings. The molecule has 1 aliphatic heterocycles. The summed E-state index contributed by atoms with van der Waals surface area (Å²) in [5.74, 6) is 1.05. The fourth-order valence-electron chi connectivity index (χ4n) is 1.54. The number of nitrogens with two attached hydrogens (primary N) is 1. The summed E-state index contributed by atoms with van der Waals surface area (Å²) in [7, 11) is 0. The van der Waals surface area contributed by atoms with Crippen LogP contribution in [0.4, 0.5) is 0 Å². The Kier molecular flexibility index (Phi) is 3.36. The Morgan fingerprint density at radius 3 is 3.06 bits per heavy atom. The molecule has 0 saturated carbocycles. The van der Waals surface area contributed by atoms with E-state index < -0.39 is 0 Å². The van der Waals surface area contributed by atoms with Gasteiger partial charge in [0.25, 0.3) is 0 Å². The number of hydrogen-bond donors (Lipinski definition) is 2. The minimum atomic E-state index is 0.0169. The molecule has 1 fully saturated rings. The molecule has 0 bridgehead atoms. The van der Waals surface area contributed by atoms with Gasteiger partial charge in [-0.15, -0.1) is 0 Å². The first-order valence-electron chi connectivity index (χ1n) is 5.26. The van der Waals surface area contributed by atoms with E-state index in [9.17, 15) is 0 Å². The lowest BCUT2D eigenvalue weighted by molar-refractivity contribution is 0.165. The second kappa shape index (κ2) is 4.94. The second-order valence-electron chi connectivity index (χ2n) is 3.84. The first-order chi connectivity index (χ1) is 7.75. The molecule has 0 radical (unpaired) electrons. The molecule has 0 aliphatic carbocycles. The van der Waals surface area contributed by atoms with Gasteiger partial charge in [0.15, 0.2) is 0 Å². The molecule has 0 aromatic carbocycles. The topological polar surface area (TPSA) is 81.2 Å². The highest BCUT2D eigenvalue weighted by atomic mass is 16.5. The van der Waals surface area contributed by atoms with Crippen molar-refractivity contribution < 1.29 is 9.47 Å². The Hall–Kier alpha value is -1.62. The number of amidine groups is 1. The van der Waals surface area contributed by atoms with Gasteiger partial charge in [0, 0.05) is 30.4 Å². The summed E-state index contributed by atoms with van der Waals surface area (Å²) in [6.07, 6.45) is 2.59. The number of rotatable bonds is 4. The molecule has 1 aromatic heterocycles. The van der Waals surface area contributed by atoms with Crippen LogP contribution in [0.2, 0.25) is 0 Å². The Bertz CT molecular complexity index is 358.